The highest BCUT2D eigenvalue weighted by molar-refractivity contribution is 5.46. The van der Waals surface area contributed by atoms with E-state index in [0.717, 1.165) is 49.7 Å². The first-order chi connectivity index (χ1) is 10.8. The molecule has 1 saturated heterocycles. The molecule has 0 saturated carbocycles. The van der Waals surface area contributed by atoms with Gasteiger partial charge in [0.25, 0.3) is 0 Å². The zero-order valence-electron chi connectivity index (χ0n) is 12.9. The normalized spacial score (nSPS) is 17.2. The van der Waals surface area contributed by atoms with Crippen molar-refractivity contribution in [2.45, 2.75) is 26.2 Å². The van der Waals surface area contributed by atoms with Gasteiger partial charge in [-0.1, -0.05) is 0 Å². The fourth-order valence-corrected chi connectivity index (χ4v) is 3.28. The number of hydrogen-bond donors (Lipinski definition) is 1. The van der Waals surface area contributed by atoms with Gasteiger partial charge in [-0.3, -0.25) is 4.98 Å². The van der Waals surface area contributed by atoms with Crippen molar-refractivity contribution >= 4 is 11.5 Å². The zero-order chi connectivity index (χ0) is 14.9. The second kappa shape index (κ2) is 5.55. The largest absolute Gasteiger partial charge is 0.385 e. The highest BCUT2D eigenvalue weighted by atomic mass is 15.3. The third-order valence-corrected chi connectivity index (χ3v) is 4.58. The molecule has 0 amide bonds. The van der Waals surface area contributed by atoms with E-state index in [1.807, 2.05) is 19.2 Å². The van der Waals surface area contributed by atoms with Crippen LogP contribution in [-0.4, -0.2) is 34.8 Å². The number of hydrogen-bond acceptors (Lipinski definition) is 5. The molecule has 1 fully saturated rings. The van der Waals surface area contributed by atoms with Crippen LogP contribution in [0.2, 0.25) is 0 Å². The van der Waals surface area contributed by atoms with E-state index in [1.165, 1.54) is 17.7 Å². The van der Waals surface area contributed by atoms with Gasteiger partial charge < -0.3 is 10.2 Å². The Labute approximate surface area is 130 Å². The Bertz CT molecular complexity index is 678. The molecule has 0 atom stereocenters. The molecule has 1 N–H and O–H groups in total. The number of pyridine rings is 1. The maximum Gasteiger partial charge on any atom is 0.151 e. The van der Waals surface area contributed by atoms with Crippen molar-refractivity contribution in [3.8, 4) is 0 Å². The summed E-state index contributed by atoms with van der Waals surface area (Å²) in [6.07, 6.45) is 5.34. The summed E-state index contributed by atoms with van der Waals surface area (Å²) in [4.78, 5) is 6.55. The Balaban J connectivity index is 1.31. The van der Waals surface area contributed by atoms with Gasteiger partial charge in [0.05, 0.1) is 5.69 Å². The van der Waals surface area contributed by atoms with Gasteiger partial charge in [-0.15, -0.1) is 5.10 Å². The smallest absolute Gasteiger partial charge is 0.151 e. The van der Waals surface area contributed by atoms with E-state index < -0.39 is 0 Å². The Morgan fingerprint density at radius 1 is 1.23 bits per heavy atom. The summed E-state index contributed by atoms with van der Waals surface area (Å²) in [5, 5.41) is 12.3. The number of rotatable bonds is 4. The number of aryl methyl sites for hydroxylation is 3. The van der Waals surface area contributed by atoms with Crippen molar-refractivity contribution < 1.29 is 0 Å². The molecular weight excluding hydrogens is 274 g/mol. The highest BCUT2D eigenvalue weighted by Crippen LogP contribution is 2.27. The van der Waals surface area contributed by atoms with Gasteiger partial charge in [0.1, 0.15) is 0 Å². The monoisotopic (exact) mass is 295 g/mol. The fraction of sp³-hybridized carbons (Fsp3) is 0.471. The van der Waals surface area contributed by atoms with Crippen molar-refractivity contribution in [3.05, 3.63) is 41.3 Å². The van der Waals surface area contributed by atoms with E-state index in [-0.39, 0.29) is 0 Å². The van der Waals surface area contributed by atoms with Crippen molar-refractivity contribution in [3.63, 3.8) is 0 Å². The summed E-state index contributed by atoms with van der Waals surface area (Å²) in [7, 11) is 0. The van der Waals surface area contributed by atoms with Crippen LogP contribution in [-0.2, 0) is 12.8 Å². The SMILES string of the molecule is Cc1cc(NCC2CN(c3cc4c(nn3)CCC4)C2)ccn1. The standard InChI is InChI=1S/C17H21N5/c1-12-7-15(5-6-18-12)19-9-13-10-22(11-13)17-8-14-3-2-4-16(14)20-21-17/h5-8,13H,2-4,9-11H2,1H3,(H,18,19). The first-order valence-corrected chi connectivity index (χ1v) is 8.05. The molecule has 2 aromatic rings. The van der Waals surface area contributed by atoms with Gasteiger partial charge in [0.15, 0.2) is 5.82 Å². The molecule has 2 aromatic heterocycles. The molecule has 5 heteroatoms. The van der Waals surface area contributed by atoms with E-state index >= 15 is 0 Å². The van der Waals surface area contributed by atoms with E-state index in [1.54, 1.807) is 0 Å². The Hall–Kier alpha value is -2.17. The number of anilines is 2. The average molecular weight is 295 g/mol. The molecule has 1 aliphatic carbocycles. The lowest BCUT2D eigenvalue weighted by molar-refractivity contribution is 0.425. The van der Waals surface area contributed by atoms with Gasteiger partial charge >= 0.3 is 0 Å². The van der Waals surface area contributed by atoms with Crippen molar-refractivity contribution in [2.24, 2.45) is 5.92 Å². The number of fused-ring (bicyclic) bond motifs is 1. The Kier molecular flexibility index (Phi) is 3.41. The van der Waals surface area contributed by atoms with Gasteiger partial charge in [-0.05, 0) is 49.9 Å². The van der Waals surface area contributed by atoms with Crippen LogP contribution in [0.15, 0.2) is 24.4 Å². The second-order valence-corrected chi connectivity index (χ2v) is 6.37. The topological polar surface area (TPSA) is 53.9 Å². The molecule has 0 spiro atoms. The lowest BCUT2D eigenvalue weighted by atomic mass is 10.00. The minimum atomic E-state index is 0.670. The van der Waals surface area contributed by atoms with Crippen molar-refractivity contribution in [1.29, 1.82) is 0 Å². The quantitative estimate of drug-likeness (QED) is 0.937. The van der Waals surface area contributed by atoms with Gasteiger partial charge in [0, 0.05) is 43.1 Å². The molecule has 1 aliphatic heterocycles. The average Bonchev–Trinajstić information content (AvgIpc) is 2.93. The molecule has 5 nitrogen and oxygen atoms in total. The molecule has 4 rings (SSSR count). The molecule has 0 radical (unpaired) electrons. The highest BCUT2D eigenvalue weighted by Gasteiger charge is 2.28. The van der Waals surface area contributed by atoms with Crippen LogP contribution < -0.4 is 10.2 Å². The van der Waals surface area contributed by atoms with Crippen LogP contribution in [0.5, 0.6) is 0 Å². The van der Waals surface area contributed by atoms with E-state index in [0.29, 0.717) is 5.92 Å². The minimum Gasteiger partial charge on any atom is -0.385 e. The molecular formula is C17H21N5. The Morgan fingerprint density at radius 2 is 2.14 bits per heavy atom. The van der Waals surface area contributed by atoms with Crippen molar-refractivity contribution in [1.82, 2.24) is 15.2 Å². The summed E-state index contributed by atoms with van der Waals surface area (Å²) in [5.41, 5.74) is 4.81. The minimum absolute atomic E-state index is 0.670. The maximum atomic E-state index is 4.38. The zero-order valence-corrected chi connectivity index (χ0v) is 12.9. The van der Waals surface area contributed by atoms with Crippen molar-refractivity contribution in [2.75, 3.05) is 29.9 Å². The molecule has 0 bridgehead atoms. The lowest BCUT2D eigenvalue weighted by Crippen LogP contribution is -2.50. The van der Waals surface area contributed by atoms with Crippen LogP contribution >= 0.6 is 0 Å². The third-order valence-electron chi connectivity index (χ3n) is 4.58. The summed E-state index contributed by atoms with van der Waals surface area (Å²) in [5.74, 6) is 1.72. The molecule has 0 unspecified atom stereocenters. The molecule has 0 aromatic carbocycles. The Morgan fingerprint density at radius 3 is 3.00 bits per heavy atom. The van der Waals surface area contributed by atoms with Crippen LogP contribution in [0.1, 0.15) is 23.4 Å². The number of aromatic nitrogens is 3. The van der Waals surface area contributed by atoms with Gasteiger partial charge in [-0.25, -0.2) is 0 Å². The van der Waals surface area contributed by atoms with Crippen LogP contribution in [0.3, 0.4) is 0 Å². The summed E-state index contributed by atoms with van der Waals surface area (Å²) in [6, 6.07) is 6.35. The molecule has 3 heterocycles. The molecule has 114 valence electrons. The lowest BCUT2D eigenvalue weighted by Gasteiger charge is -2.40. The number of nitrogens with one attached hydrogen (secondary N) is 1. The predicted molar refractivity (Wildman–Crippen MR) is 87.2 cm³/mol. The molecule has 22 heavy (non-hydrogen) atoms. The van der Waals surface area contributed by atoms with Crippen LogP contribution in [0.4, 0.5) is 11.5 Å². The number of nitrogens with zero attached hydrogens (tertiary/aromatic N) is 4. The first kappa shape index (κ1) is 13.5. The first-order valence-electron chi connectivity index (χ1n) is 8.05. The molecule has 2 aliphatic rings. The summed E-state index contributed by atoms with van der Waals surface area (Å²) in [6.45, 7) is 5.14. The van der Waals surface area contributed by atoms with Crippen LogP contribution in [0.25, 0.3) is 0 Å². The third kappa shape index (κ3) is 2.63. The van der Waals surface area contributed by atoms with Crippen LogP contribution in [0, 0.1) is 12.8 Å². The van der Waals surface area contributed by atoms with E-state index in [9.17, 15) is 0 Å². The van der Waals surface area contributed by atoms with E-state index in [2.05, 4.69) is 37.5 Å². The van der Waals surface area contributed by atoms with Gasteiger partial charge in [0.2, 0.25) is 0 Å². The predicted octanol–water partition coefficient (Wildman–Crippen LogP) is 2.22. The fourth-order valence-electron chi connectivity index (χ4n) is 3.28. The second-order valence-electron chi connectivity index (χ2n) is 6.37. The maximum absolute atomic E-state index is 4.38. The summed E-state index contributed by atoms with van der Waals surface area (Å²) >= 11 is 0. The van der Waals surface area contributed by atoms with Gasteiger partial charge in [-0.2, -0.15) is 5.10 Å². The summed E-state index contributed by atoms with van der Waals surface area (Å²) < 4.78 is 0. The van der Waals surface area contributed by atoms with E-state index in [4.69, 9.17) is 0 Å².